The van der Waals surface area contributed by atoms with Gasteiger partial charge in [0.25, 0.3) is 5.56 Å². The van der Waals surface area contributed by atoms with Crippen molar-refractivity contribution in [3.05, 3.63) is 58.0 Å². The molecule has 1 aliphatic heterocycles. The molecule has 2 aromatic rings. The molecule has 6 nitrogen and oxygen atoms in total. The Balaban J connectivity index is 1.52. The van der Waals surface area contributed by atoms with Crippen LogP contribution in [0, 0.1) is 6.92 Å². The van der Waals surface area contributed by atoms with Gasteiger partial charge in [0.15, 0.2) is 0 Å². The number of nitrogens with one attached hydrogen (secondary N) is 1. The normalized spacial score (nSPS) is 18.9. The summed E-state index contributed by atoms with van der Waals surface area (Å²) in [6, 6.07) is 3.73. The SMILES string of the molecule is Cc1cncc(CN2CCO[C@H](CCc3cc(=O)[nH]cn3)C2)c1. The Kier molecular flexibility index (Phi) is 5.15. The van der Waals surface area contributed by atoms with Crippen LogP contribution in [-0.4, -0.2) is 45.7 Å². The minimum Gasteiger partial charge on any atom is -0.376 e. The van der Waals surface area contributed by atoms with E-state index in [0.717, 1.165) is 44.8 Å². The summed E-state index contributed by atoms with van der Waals surface area (Å²) < 4.78 is 5.85. The number of aromatic nitrogens is 3. The van der Waals surface area contributed by atoms with Crippen molar-refractivity contribution in [3.63, 3.8) is 0 Å². The Bertz CT molecular complexity index is 701. The molecule has 0 spiro atoms. The Morgan fingerprint density at radius 2 is 2.30 bits per heavy atom. The van der Waals surface area contributed by atoms with Crippen molar-refractivity contribution in [1.29, 1.82) is 0 Å². The van der Waals surface area contributed by atoms with E-state index in [2.05, 4.69) is 32.8 Å². The van der Waals surface area contributed by atoms with Gasteiger partial charge < -0.3 is 9.72 Å². The van der Waals surface area contributed by atoms with Crippen molar-refractivity contribution in [2.45, 2.75) is 32.4 Å². The van der Waals surface area contributed by atoms with Crippen molar-refractivity contribution in [1.82, 2.24) is 19.9 Å². The van der Waals surface area contributed by atoms with Crippen LogP contribution in [0.2, 0.25) is 0 Å². The van der Waals surface area contributed by atoms with Crippen molar-refractivity contribution < 1.29 is 4.74 Å². The molecular formula is C17H22N4O2. The summed E-state index contributed by atoms with van der Waals surface area (Å²) in [6.45, 7) is 5.54. The van der Waals surface area contributed by atoms with Gasteiger partial charge in [0.05, 0.1) is 19.0 Å². The lowest BCUT2D eigenvalue weighted by Crippen LogP contribution is -2.42. The average Bonchev–Trinajstić information content (AvgIpc) is 2.53. The Morgan fingerprint density at radius 3 is 3.13 bits per heavy atom. The van der Waals surface area contributed by atoms with E-state index in [1.807, 2.05) is 12.4 Å². The van der Waals surface area contributed by atoms with Crippen LogP contribution in [0.3, 0.4) is 0 Å². The Morgan fingerprint density at radius 1 is 1.39 bits per heavy atom. The second-order valence-electron chi connectivity index (χ2n) is 6.04. The van der Waals surface area contributed by atoms with E-state index in [9.17, 15) is 4.79 Å². The molecule has 0 bridgehead atoms. The zero-order chi connectivity index (χ0) is 16.1. The quantitative estimate of drug-likeness (QED) is 0.901. The highest BCUT2D eigenvalue weighted by Gasteiger charge is 2.20. The van der Waals surface area contributed by atoms with Gasteiger partial charge >= 0.3 is 0 Å². The molecule has 1 atom stereocenters. The number of rotatable bonds is 5. The van der Waals surface area contributed by atoms with Crippen molar-refractivity contribution in [2.75, 3.05) is 19.7 Å². The predicted molar refractivity (Wildman–Crippen MR) is 87.2 cm³/mol. The van der Waals surface area contributed by atoms with Gasteiger partial charge in [-0.2, -0.15) is 0 Å². The van der Waals surface area contributed by atoms with Crippen LogP contribution in [0.25, 0.3) is 0 Å². The first-order chi connectivity index (χ1) is 11.2. The monoisotopic (exact) mass is 314 g/mol. The zero-order valence-electron chi connectivity index (χ0n) is 13.4. The van der Waals surface area contributed by atoms with E-state index >= 15 is 0 Å². The standard InChI is InChI=1S/C17H22N4O2/c1-13-6-14(9-18-8-13)10-21-4-5-23-16(11-21)3-2-15-7-17(22)20-12-19-15/h6-9,12,16H,2-5,10-11H2,1H3,(H,19,20,22)/t16-/m1/s1. The fourth-order valence-corrected chi connectivity index (χ4v) is 2.92. The number of pyridine rings is 1. The van der Waals surface area contributed by atoms with E-state index in [-0.39, 0.29) is 11.7 Å². The maximum absolute atomic E-state index is 11.3. The van der Waals surface area contributed by atoms with Gasteiger partial charge in [-0.3, -0.25) is 14.7 Å². The van der Waals surface area contributed by atoms with Crippen molar-refractivity contribution in [3.8, 4) is 0 Å². The second-order valence-corrected chi connectivity index (χ2v) is 6.04. The minimum absolute atomic E-state index is 0.104. The molecule has 3 heterocycles. The van der Waals surface area contributed by atoms with Gasteiger partial charge in [0, 0.05) is 43.8 Å². The molecule has 1 fully saturated rings. The van der Waals surface area contributed by atoms with Crippen LogP contribution in [0.4, 0.5) is 0 Å². The molecule has 2 aromatic heterocycles. The third-order valence-corrected chi connectivity index (χ3v) is 4.02. The number of ether oxygens (including phenoxy) is 1. The smallest absolute Gasteiger partial charge is 0.250 e. The molecule has 1 saturated heterocycles. The van der Waals surface area contributed by atoms with Gasteiger partial charge in [-0.15, -0.1) is 0 Å². The number of aryl methyl sites for hydroxylation is 2. The lowest BCUT2D eigenvalue weighted by Gasteiger charge is -2.33. The van der Waals surface area contributed by atoms with Gasteiger partial charge in [0.1, 0.15) is 0 Å². The first-order valence-corrected chi connectivity index (χ1v) is 7.97. The fraction of sp³-hybridized carbons (Fsp3) is 0.471. The number of H-pyrrole nitrogens is 1. The molecule has 0 aliphatic carbocycles. The fourth-order valence-electron chi connectivity index (χ4n) is 2.92. The first kappa shape index (κ1) is 15.8. The highest BCUT2D eigenvalue weighted by atomic mass is 16.5. The van der Waals surface area contributed by atoms with Crippen LogP contribution in [-0.2, 0) is 17.7 Å². The summed E-state index contributed by atoms with van der Waals surface area (Å²) in [6.07, 6.45) is 7.07. The first-order valence-electron chi connectivity index (χ1n) is 7.97. The van der Waals surface area contributed by atoms with Crippen LogP contribution >= 0.6 is 0 Å². The molecule has 0 aromatic carbocycles. The molecule has 0 radical (unpaired) electrons. The third-order valence-electron chi connectivity index (χ3n) is 4.02. The minimum atomic E-state index is -0.104. The Hall–Kier alpha value is -2.05. The summed E-state index contributed by atoms with van der Waals surface area (Å²) in [5, 5.41) is 0. The summed E-state index contributed by atoms with van der Waals surface area (Å²) >= 11 is 0. The summed E-state index contributed by atoms with van der Waals surface area (Å²) in [5.74, 6) is 0. The lowest BCUT2D eigenvalue weighted by molar-refractivity contribution is -0.0347. The van der Waals surface area contributed by atoms with E-state index in [1.54, 1.807) is 6.07 Å². The maximum atomic E-state index is 11.3. The topological polar surface area (TPSA) is 71.1 Å². The largest absolute Gasteiger partial charge is 0.376 e. The van der Waals surface area contributed by atoms with Crippen molar-refractivity contribution >= 4 is 0 Å². The number of morpholine rings is 1. The van der Waals surface area contributed by atoms with Crippen LogP contribution in [0.15, 0.2) is 35.6 Å². The molecule has 23 heavy (non-hydrogen) atoms. The average molecular weight is 314 g/mol. The highest BCUT2D eigenvalue weighted by Crippen LogP contribution is 2.14. The van der Waals surface area contributed by atoms with Crippen LogP contribution in [0.1, 0.15) is 23.2 Å². The van der Waals surface area contributed by atoms with Gasteiger partial charge in [-0.25, -0.2) is 4.98 Å². The summed E-state index contributed by atoms with van der Waals surface area (Å²) in [4.78, 5) is 24.7. The van der Waals surface area contributed by atoms with E-state index in [4.69, 9.17) is 4.74 Å². The summed E-state index contributed by atoms with van der Waals surface area (Å²) in [7, 11) is 0. The van der Waals surface area contributed by atoms with E-state index in [1.165, 1.54) is 17.5 Å². The number of hydrogen-bond acceptors (Lipinski definition) is 5. The zero-order valence-corrected chi connectivity index (χ0v) is 13.4. The molecule has 1 N–H and O–H groups in total. The van der Waals surface area contributed by atoms with Gasteiger partial charge in [-0.05, 0) is 30.9 Å². The van der Waals surface area contributed by atoms with Gasteiger partial charge in [0.2, 0.25) is 0 Å². The predicted octanol–water partition coefficient (Wildman–Crippen LogP) is 1.31. The molecule has 0 amide bonds. The van der Waals surface area contributed by atoms with Crippen LogP contribution < -0.4 is 5.56 Å². The maximum Gasteiger partial charge on any atom is 0.250 e. The Labute approximate surface area is 135 Å². The van der Waals surface area contributed by atoms with Crippen LogP contribution in [0.5, 0.6) is 0 Å². The highest BCUT2D eigenvalue weighted by molar-refractivity contribution is 5.16. The van der Waals surface area contributed by atoms with Gasteiger partial charge in [-0.1, -0.05) is 6.07 Å². The molecule has 1 aliphatic rings. The molecule has 0 saturated carbocycles. The number of hydrogen-bond donors (Lipinski definition) is 1. The summed E-state index contributed by atoms with van der Waals surface area (Å²) in [5.41, 5.74) is 3.14. The molecular weight excluding hydrogens is 292 g/mol. The molecule has 6 heteroatoms. The number of nitrogens with zero attached hydrogens (tertiary/aromatic N) is 3. The molecule has 122 valence electrons. The molecule has 0 unspecified atom stereocenters. The third kappa shape index (κ3) is 4.71. The van der Waals surface area contributed by atoms with Crippen molar-refractivity contribution in [2.24, 2.45) is 0 Å². The molecule has 3 rings (SSSR count). The van der Waals surface area contributed by atoms with E-state index in [0.29, 0.717) is 0 Å². The second kappa shape index (κ2) is 7.48. The van der Waals surface area contributed by atoms with E-state index < -0.39 is 0 Å². The lowest BCUT2D eigenvalue weighted by atomic mass is 10.1. The number of aromatic amines is 1.